The van der Waals surface area contributed by atoms with Crippen LogP contribution >= 0.6 is 11.6 Å². The van der Waals surface area contributed by atoms with Gasteiger partial charge in [-0.3, -0.25) is 0 Å². The average molecular weight is 424 g/mol. The number of alkyl halides is 3. The molecule has 2 aliphatic heterocycles. The Morgan fingerprint density at radius 2 is 1.79 bits per heavy atom. The van der Waals surface area contributed by atoms with Crippen LogP contribution in [0, 0.1) is 0 Å². The molecule has 0 aliphatic carbocycles. The number of carboxylic acids is 1. The van der Waals surface area contributed by atoms with Crippen LogP contribution in [0.5, 0.6) is 0 Å². The second-order valence-electron chi connectivity index (χ2n) is 6.46. The fourth-order valence-corrected chi connectivity index (χ4v) is 3.02. The van der Waals surface area contributed by atoms with E-state index in [2.05, 4.69) is 20.6 Å². The maximum Gasteiger partial charge on any atom is 0.490 e. The van der Waals surface area contributed by atoms with Crippen molar-refractivity contribution in [2.45, 2.75) is 37.4 Å². The number of carbonyl (C=O) groups is 2. The van der Waals surface area contributed by atoms with Crippen molar-refractivity contribution in [3.05, 3.63) is 23.2 Å². The van der Waals surface area contributed by atoms with Gasteiger partial charge in [0, 0.05) is 44.0 Å². The number of carbonyl (C=O) groups excluding carboxylic acids is 1. The Hall–Kier alpha value is -2.14. The van der Waals surface area contributed by atoms with Gasteiger partial charge >= 0.3 is 18.2 Å². The molecule has 3 heterocycles. The van der Waals surface area contributed by atoms with Gasteiger partial charge in [0.15, 0.2) is 0 Å². The van der Waals surface area contributed by atoms with E-state index < -0.39 is 12.1 Å². The first-order valence-corrected chi connectivity index (χ1v) is 9.08. The Labute approximate surface area is 164 Å². The summed E-state index contributed by atoms with van der Waals surface area (Å²) in [6.07, 6.45) is 1.00. The summed E-state index contributed by atoms with van der Waals surface area (Å²) >= 11 is 5.81. The second kappa shape index (κ2) is 9.87. The topological polar surface area (TPSA) is 107 Å². The van der Waals surface area contributed by atoms with Gasteiger partial charge in [0.05, 0.1) is 5.02 Å². The number of rotatable bonds is 2. The summed E-state index contributed by atoms with van der Waals surface area (Å²) in [6.45, 7) is 3.37. The smallest absolute Gasteiger partial charge is 0.475 e. The molecule has 156 valence electrons. The molecule has 2 fully saturated rings. The van der Waals surface area contributed by atoms with Gasteiger partial charge in [-0.15, -0.1) is 0 Å². The maximum absolute atomic E-state index is 12.2. The molecule has 1 aromatic heterocycles. The van der Waals surface area contributed by atoms with Crippen molar-refractivity contribution in [1.29, 1.82) is 0 Å². The molecule has 28 heavy (non-hydrogen) atoms. The molecule has 0 bridgehead atoms. The van der Waals surface area contributed by atoms with Gasteiger partial charge in [-0.2, -0.15) is 13.2 Å². The van der Waals surface area contributed by atoms with E-state index in [1.54, 1.807) is 12.4 Å². The number of amides is 2. The van der Waals surface area contributed by atoms with Crippen LogP contribution in [0.2, 0.25) is 5.02 Å². The third-order valence-electron chi connectivity index (χ3n) is 4.42. The van der Waals surface area contributed by atoms with E-state index in [0.29, 0.717) is 10.9 Å². The normalized spacial score (nSPS) is 20.3. The number of hydrogen-bond acceptors (Lipinski definition) is 5. The van der Waals surface area contributed by atoms with Crippen molar-refractivity contribution in [3.63, 3.8) is 0 Å². The van der Waals surface area contributed by atoms with Crippen LogP contribution in [0.3, 0.4) is 0 Å². The van der Waals surface area contributed by atoms with Gasteiger partial charge < -0.3 is 20.6 Å². The summed E-state index contributed by atoms with van der Waals surface area (Å²) in [6, 6.07) is 0.328. The molecule has 0 aromatic carbocycles. The van der Waals surface area contributed by atoms with Crippen LogP contribution in [0.25, 0.3) is 0 Å². The summed E-state index contributed by atoms with van der Waals surface area (Å²) in [5, 5.41) is 14.0. The lowest BCUT2D eigenvalue weighted by atomic mass is 9.96. The van der Waals surface area contributed by atoms with Gasteiger partial charge in [0.2, 0.25) is 0 Å². The highest BCUT2D eigenvalue weighted by Gasteiger charge is 2.38. The van der Waals surface area contributed by atoms with Crippen molar-refractivity contribution in [3.8, 4) is 0 Å². The van der Waals surface area contributed by atoms with E-state index in [9.17, 15) is 18.0 Å². The summed E-state index contributed by atoms with van der Waals surface area (Å²) < 4.78 is 31.7. The zero-order valence-electron chi connectivity index (χ0n) is 14.9. The van der Waals surface area contributed by atoms with E-state index in [1.165, 1.54) is 0 Å². The second-order valence-corrected chi connectivity index (χ2v) is 6.90. The first kappa shape index (κ1) is 22.2. The Morgan fingerprint density at radius 1 is 1.21 bits per heavy atom. The lowest BCUT2D eigenvalue weighted by Gasteiger charge is -2.32. The van der Waals surface area contributed by atoms with Gasteiger partial charge in [0.25, 0.3) is 0 Å². The molecule has 0 saturated carbocycles. The van der Waals surface area contributed by atoms with E-state index in [4.69, 9.17) is 21.5 Å². The average Bonchev–Trinajstić information content (AvgIpc) is 3.15. The summed E-state index contributed by atoms with van der Waals surface area (Å²) in [5.41, 5.74) is 0. The third kappa shape index (κ3) is 6.79. The predicted octanol–water partition coefficient (Wildman–Crippen LogP) is 2.01. The fraction of sp³-hybridized carbons (Fsp3) is 0.625. The zero-order valence-corrected chi connectivity index (χ0v) is 15.6. The van der Waals surface area contributed by atoms with Crippen molar-refractivity contribution in [2.24, 2.45) is 0 Å². The maximum atomic E-state index is 12.2. The Morgan fingerprint density at radius 3 is 2.25 bits per heavy atom. The Kier molecular flexibility index (Phi) is 7.81. The Bertz CT molecular complexity index is 660. The van der Waals surface area contributed by atoms with Gasteiger partial charge in [-0.1, -0.05) is 11.6 Å². The minimum Gasteiger partial charge on any atom is -0.475 e. The van der Waals surface area contributed by atoms with Crippen LogP contribution in [-0.2, 0) is 4.79 Å². The molecule has 2 amide bonds. The van der Waals surface area contributed by atoms with E-state index in [-0.39, 0.29) is 12.1 Å². The first-order valence-electron chi connectivity index (χ1n) is 8.70. The lowest BCUT2D eigenvalue weighted by Crippen LogP contribution is -2.48. The number of nitrogens with zero attached hydrogens (tertiary/aromatic N) is 3. The molecule has 8 nitrogen and oxygen atoms in total. The van der Waals surface area contributed by atoms with Crippen molar-refractivity contribution < 1.29 is 27.9 Å². The number of urea groups is 1. The molecule has 0 spiro atoms. The molecule has 2 aliphatic rings. The molecule has 3 N–H and O–H groups in total. The molecular formula is C16H21ClF3N5O3. The molecule has 1 atom stereocenters. The molecule has 2 saturated heterocycles. The highest BCUT2D eigenvalue weighted by molar-refractivity contribution is 6.30. The van der Waals surface area contributed by atoms with E-state index in [1.807, 2.05) is 4.90 Å². The van der Waals surface area contributed by atoms with Crippen LogP contribution in [0.4, 0.5) is 18.0 Å². The number of halogens is 4. The first-order chi connectivity index (χ1) is 13.2. The minimum atomic E-state index is -5.08. The zero-order chi connectivity index (χ0) is 20.7. The summed E-state index contributed by atoms with van der Waals surface area (Å²) in [5.74, 6) is -1.61. The highest BCUT2D eigenvalue weighted by Crippen LogP contribution is 2.25. The van der Waals surface area contributed by atoms with Crippen LogP contribution < -0.4 is 10.6 Å². The van der Waals surface area contributed by atoms with Crippen LogP contribution in [0.15, 0.2) is 12.4 Å². The van der Waals surface area contributed by atoms with Crippen molar-refractivity contribution in [2.75, 3.05) is 26.2 Å². The molecule has 3 rings (SSSR count). The summed E-state index contributed by atoms with van der Waals surface area (Å²) in [4.78, 5) is 31.5. The van der Waals surface area contributed by atoms with Crippen molar-refractivity contribution in [1.82, 2.24) is 25.5 Å². The van der Waals surface area contributed by atoms with Gasteiger partial charge in [0.1, 0.15) is 5.82 Å². The van der Waals surface area contributed by atoms with E-state index >= 15 is 0 Å². The number of carboxylic acid groups (broad SMARTS) is 1. The Balaban J connectivity index is 0.000000345. The third-order valence-corrected chi connectivity index (χ3v) is 4.61. The highest BCUT2D eigenvalue weighted by atomic mass is 35.5. The quantitative estimate of drug-likeness (QED) is 0.671. The molecule has 12 heteroatoms. The lowest BCUT2D eigenvalue weighted by molar-refractivity contribution is -0.192. The minimum absolute atomic E-state index is 0.0548. The van der Waals surface area contributed by atoms with Crippen LogP contribution in [-0.4, -0.2) is 70.4 Å². The predicted molar refractivity (Wildman–Crippen MR) is 94.1 cm³/mol. The summed E-state index contributed by atoms with van der Waals surface area (Å²) in [7, 11) is 0. The molecular weight excluding hydrogens is 403 g/mol. The van der Waals surface area contributed by atoms with Crippen molar-refractivity contribution >= 4 is 23.6 Å². The SMILES string of the molecule is O=C(NC1CCNC1)N1CCC(c2ncc(Cl)cn2)CC1.O=C(O)C(F)(F)F. The standard InChI is InChI=1S/C14H20ClN5O.C2HF3O2/c15-11-7-17-13(18-8-11)10-2-5-20(6-3-10)14(21)19-12-1-4-16-9-12;3-2(4,5)1(6)7/h7-8,10,12,16H,1-6,9H2,(H,19,21);(H,6,7). The monoisotopic (exact) mass is 423 g/mol. The van der Waals surface area contributed by atoms with E-state index in [0.717, 1.165) is 51.3 Å². The molecule has 1 aromatic rings. The number of nitrogens with one attached hydrogen (secondary N) is 2. The van der Waals surface area contributed by atoms with Gasteiger partial charge in [-0.25, -0.2) is 19.6 Å². The van der Waals surface area contributed by atoms with Gasteiger partial charge in [-0.05, 0) is 25.8 Å². The fourth-order valence-electron chi connectivity index (χ4n) is 2.92. The number of aliphatic carboxylic acids is 1. The largest absolute Gasteiger partial charge is 0.490 e. The number of piperidine rings is 1. The van der Waals surface area contributed by atoms with Crippen LogP contribution in [0.1, 0.15) is 31.0 Å². The molecule has 1 unspecified atom stereocenters. The molecule has 0 radical (unpaired) electrons. The number of hydrogen-bond donors (Lipinski definition) is 3. The number of aromatic nitrogens is 2. The number of likely N-dealkylation sites (tertiary alicyclic amines) is 1.